The second-order valence-corrected chi connectivity index (χ2v) is 6.10. The van der Waals surface area contributed by atoms with E-state index < -0.39 is 0 Å². The van der Waals surface area contributed by atoms with Gasteiger partial charge >= 0.3 is 0 Å². The number of hydrogen-bond acceptors (Lipinski definition) is 3. The number of imidazole rings is 1. The van der Waals surface area contributed by atoms with Gasteiger partial charge < -0.3 is 5.73 Å². The van der Waals surface area contributed by atoms with E-state index in [4.69, 9.17) is 10.7 Å². The standard InChI is InChI=1S/C18H20N4/c19-9-3-5-14-10-15(14)17-11-22(12-20-17)18-8-7-13-4-1-2-6-16(13)21-18/h1-2,4,6-8,11-12,14-15H,3,5,9-10,19H2. The van der Waals surface area contributed by atoms with E-state index in [1.165, 1.54) is 18.5 Å². The van der Waals surface area contributed by atoms with Crippen LogP contribution in [-0.4, -0.2) is 21.1 Å². The van der Waals surface area contributed by atoms with Crippen LogP contribution in [0, 0.1) is 5.92 Å². The van der Waals surface area contributed by atoms with E-state index in [0.29, 0.717) is 5.92 Å². The number of pyridine rings is 1. The van der Waals surface area contributed by atoms with Crippen molar-refractivity contribution in [3.8, 4) is 5.82 Å². The first-order chi connectivity index (χ1) is 10.8. The van der Waals surface area contributed by atoms with Crippen molar-refractivity contribution in [1.29, 1.82) is 0 Å². The number of fused-ring (bicyclic) bond motifs is 1. The molecule has 4 nitrogen and oxygen atoms in total. The van der Waals surface area contributed by atoms with Crippen molar-refractivity contribution in [2.75, 3.05) is 6.54 Å². The molecule has 1 aromatic carbocycles. The summed E-state index contributed by atoms with van der Waals surface area (Å²) in [6, 6.07) is 12.3. The Hall–Kier alpha value is -2.20. The second kappa shape index (κ2) is 5.54. The van der Waals surface area contributed by atoms with E-state index in [9.17, 15) is 0 Å². The summed E-state index contributed by atoms with van der Waals surface area (Å²) in [5, 5.41) is 1.16. The maximum Gasteiger partial charge on any atom is 0.138 e. The molecule has 0 saturated heterocycles. The van der Waals surface area contributed by atoms with Crippen LogP contribution in [-0.2, 0) is 0 Å². The maximum absolute atomic E-state index is 5.59. The van der Waals surface area contributed by atoms with Crippen LogP contribution in [0.25, 0.3) is 16.7 Å². The Balaban J connectivity index is 1.55. The number of hydrogen-bond donors (Lipinski definition) is 1. The van der Waals surface area contributed by atoms with Crippen molar-refractivity contribution in [3.63, 3.8) is 0 Å². The van der Waals surface area contributed by atoms with Crippen molar-refractivity contribution in [2.24, 2.45) is 11.7 Å². The summed E-state index contributed by atoms with van der Waals surface area (Å²) >= 11 is 0. The first-order valence-electron chi connectivity index (χ1n) is 7.95. The first kappa shape index (κ1) is 13.5. The van der Waals surface area contributed by atoms with Gasteiger partial charge in [-0.2, -0.15) is 0 Å². The van der Waals surface area contributed by atoms with Crippen LogP contribution >= 0.6 is 0 Å². The fraction of sp³-hybridized carbons (Fsp3) is 0.333. The van der Waals surface area contributed by atoms with Crippen LogP contribution in [0.4, 0.5) is 0 Å². The second-order valence-electron chi connectivity index (χ2n) is 6.10. The topological polar surface area (TPSA) is 56.7 Å². The molecule has 0 bridgehead atoms. The molecule has 1 aliphatic rings. The molecule has 3 aromatic rings. The minimum absolute atomic E-state index is 0.619. The normalized spacial score (nSPS) is 20.4. The van der Waals surface area contributed by atoms with Crippen LogP contribution in [0.2, 0.25) is 0 Å². The summed E-state index contributed by atoms with van der Waals surface area (Å²) in [5.41, 5.74) is 7.79. The lowest BCUT2D eigenvalue weighted by molar-refractivity contribution is 0.655. The average molecular weight is 292 g/mol. The summed E-state index contributed by atoms with van der Waals surface area (Å²) in [4.78, 5) is 9.30. The molecule has 2 N–H and O–H groups in total. The van der Waals surface area contributed by atoms with E-state index >= 15 is 0 Å². The van der Waals surface area contributed by atoms with Gasteiger partial charge in [-0.15, -0.1) is 0 Å². The fourth-order valence-corrected chi connectivity index (χ4v) is 3.16. The van der Waals surface area contributed by atoms with Gasteiger partial charge in [0.25, 0.3) is 0 Å². The number of rotatable bonds is 5. The van der Waals surface area contributed by atoms with Gasteiger partial charge in [0.05, 0.1) is 11.2 Å². The molecular formula is C18H20N4. The SMILES string of the molecule is NCCCC1CC1c1cn(-c2ccc3ccccc3n2)cn1. The molecular weight excluding hydrogens is 272 g/mol. The van der Waals surface area contributed by atoms with E-state index in [0.717, 1.165) is 35.6 Å². The average Bonchev–Trinajstić information content (AvgIpc) is 3.17. The molecule has 4 heteroatoms. The molecule has 2 aromatic heterocycles. The Labute approximate surface area is 130 Å². The van der Waals surface area contributed by atoms with Gasteiger partial charge in [0.15, 0.2) is 0 Å². The zero-order valence-corrected chi connectivity index (χ0v) is 12.5. The molecule has 2 heterocycles. The van der Waals surface area contributed by atoms with Crippen molar-refractivity contribution >= 4 is 10.9 Å². The zero-order valence-electron chi connectivity index (χ0n) is 12.5. The number of nitrogens with two attached hydrogens (primary N) is 1. The number of para-hydroxylation sites is 1. The summed E-state index contributed by atoms with van der Waals surface area (Å²) in [5.74, 6) is 2.32. The number of aromatic nitrogens is 3. The van der Waals surface area contributed by atoms with Gasteiger partial charge in [-0.1, -0.05) is 18.2 Å². The molecule has 0 spiro atoms. The molecule has 0 radical (unpaired) electrons. The third-order valence-corrected chi connectivity index (χ3v) is 4.53. The van der Waals surface area contributed by atoms with E-state index in [1.54, 1.807) is 0 Å². The Bertz CT molecular complexity index is 792. The molecule has 2 unspecified atom stereocenters. The van der Waals surface area contributed by atoms with Gasteiger partial charge in [0.2, 0.25) is 0 Å². The van der Waals surface area contributed by atoms with E-state index in [-0.39, 0.29) is 0 Å². The van der Waals surface area contributed by atoms with Gasteiger partial charge in [-0.25, -0.2) is 9.97 Å². The molecule has 112 valence electrons. The Morgan fingerprint density at radius 2 is 2.09 bits per heavy atom. The monoisotopic (exact) mass is 292 g/mol. The Kier molecular flexibility index (Phi) is 3.39. The van der Waals surface area contributed by atoms with E-state index in [1.807, 2.05) is 35.2 Å². The van der Waals surface area contributed by atoms with Gasteiger partial charge in [-0.3, -0.25) is 4.57 Å². The predicted octanol–water partition coefficient (Wildman–Crippen LogP) is 3.26. The third-order valence-electron chi connectivity index (χ3n) is 4.53. The highest BCUT2D eigenvalue weighted by Gasteiger charge is 2.39. The quantitative estimate of drug-likeness (QED) is 0.785. The zero-order chi connectivity index (χ0) is 14.9. The van der Waals surface area contributed by atoms with Crippen LogP contribution in [0.5, 0.6) is 0 Å². The Morgan fingerprint density at radius 1 is 1.18 bits per heavy atom. The predicted molar refractivity (Wildman–Crippen MR) is 88.0 cm³/mol. The molecule has 1 aliphatic carbocycles. The molecule has 22 heavy (non-hydrogen) atoms. The molecule has 0 amide bonds. The number of benzene rings is 1. The summed E-state index contributed by atoms with van der Waals surface area (Å²) < 4.78 is 2.03. The van der Waals surface area contributed by atoms with Crippen LogP contribution in [0.3, 0.4) is 0 Å². The lowest BCUT2D eigenvalue weighted by Crippen LogP contribution is -1.98. The highest BCUT2D eigenvalue weighted by molar-refractivity contribution is 5.79. The van der Waals surface area contributed by atoms with E-state index in [2.05, 4.69) is 23.3 Å². The largest absolute Gasteiger partial charge is 0.330 e. The van der Waals surface area contributed by atoms with Gasteiger partial charge in [-0.05, 0) is 49.9 Å². The van der Waals surface area contributed by atoms with Gasteiger partial charge in [0.1, 0.15) is 12.1 Å². The molecule has 1 fully saturated rings. The smallest absolute Gasteiger partial charge is 0.138 e. The van der Waals surface area contributed by atoms with Crippen molar-refractivity contribution < 1.29 is 0 Å². The third kappa shape index (κ3) is 2.50. The minimum atomic E-state index is 0.619. The highest BCUT2D eigenvalue weighted by Crippen LogP contribution is 2.49. The lowest BCUT2D eigenvalue weighted by atomic mass is 10.1. The van der Waals surface area contributed by atoms with Crippen LogP contribution in [0.1, 0.15) is 30.9 Å². The van der Waals surface area contributed by atoms with Crippen molar-refractivity contribution in [3.05, 3.63) is 54.6 Å². The molecule has 1 saturated carbocycles. The molecule has 4 rings (SSSR count). The summed E-state index contributed by atoms with van der Waals surface area (Å²) in [6.07, 6.45) is 7.60. The van der Waals surface area contributed by atoms with Gasteiger partial charge in [0, 0.05) is 17.5 Å². The molecule has 0 aliphatic heterocycles. The Morgan fingerprint density at radius 3 is 3.00 bits per heavy atom. The summed E-state index contributed by atoms with van der Waals surface area (Å²) in [7, 11) is 0. The van der Waals surface area contributed by atoms with Crippen LogP contribution in [0.15, 0.2) is 48.9 Å². The fourth-order valence-electron chi connectivity index (χ4n) is 3.16. The summed E-state index contributed by atoms with van der Waals surface area (Å²) in [6.45, 7) is 0.790. The first-order valence-corrected chi connectivity index (χ1v) is 7.95. The minimum Gasteiger partial charge on any atom is -0.330 e. The lowest BCUT2D eigenvalue weighted by Gasteiger charge is -2.03. The maximum atomic E-state index is 5.59. The van der Waals surface area contributed by atoms with Crippen molar-refractivity contribution in [1.82, 2.24) is 14.5 Å². The van der Waals surface area contributed by atoms with Crippen molar-refractivity contribution in [2.45, 2.75) is 25.2 Å². The van der Waals surface area contributed by atoms with Crippen LogP contribution < -0.4 is 5.73 Å². The molecule has 2 atom stereocenters. The highest BCUT2D eigenvalue weighted by atomic mass is 15.1. The number of nitrogens with zero attached hydrogens (tertiary/aromatic N) is 3.